The van der Waals surface area contributed by atoms with E-state index >= 15 is 0 Å². The van der Waals surface area contributed by atoms with Crippen molar-refractivity contribution in [2.75, 3.05) is 0 Å². The fourth-order valence-electron chi connectivity index (χ4n) is 1.95. The van der Waals surface area contributed by atoms with Crippen molar-refractivity contribution in [2.24, 2.45) is 17.3 Å². The second-order valence-electron chi connectivity index (χ2n) is 5.23. The number of Topliss-reactive ketones (excluding diaryl/α,β-unsaturated/α-hetero) is 1. The van der Waals surface area contributed by atoms with Crippen molar-refractivity contribution in [3.05, 3.63) is 0 Å². The average Bonchev–Trinajstić information content (AvgIpc) is 2.80. The molecular formula is C12H22O. The molecule has 1 saturated carbocycles. The molecule has 0 aromatic rings. The Hall–Kier alpha value is -0.330. The third-order valence-corrected chi connectivity index (χ3v) is 3.10. The van der Waals surface area contributed by atoms with Crippen LogP contribution >= 0.6 is 0 Å². The lowest BCUT2D eigenvalue weighted by Gasteiger charge is -2.17. The largest absolute Gasteiger partial charge is 0.299 e. The molecule has 0 spiro atoms. The molecule has 0 aromatic heterocycles. The van der Waals surface area contributed by atoms with Gasteiger partial charge in [-0.05, 0) is 25.2 Å². The second-order valence-corrected chi connectivity index (χ2v) is 5.23. The first kappa shape index (κ1) is 10.7. The first-order valence-electron chi connectivity index (χ1n) is 5.52. The van der Waals surface area contributed by atoms with E-state index in [0.29, 0.717) is 5.78 Å². The number of hydrogen-bond acceptors (Lipinski definition) is 1. The lowest BCUT2D eigenvalue weighted by Crippen LogP contribution is -2.21. The minimum atomic E-state index is 0.123. The molecule has 0 amide bonds. The fraction of sp³-hybridized carbons (Fsp3) is 0.917. The van der Waals surface area contributed by atoms with Gasteiger partial charge in [0.15, 0.2) is 0 Å². The SMILES string of the molecule is CC(C)CCC1(C(=O)C(C)C)CC1. The van der Waals surface area contributed by atoms with E-state index in [0.717, 1.165) is 25.2 Å². The quantitative estimate of drug-likeness (QED) is 0.636. The molecular weight excluding hydrogens is 160 g/mol. The monoisotopic (exact) mass is 182 g/mol. The van der Waals surface area contributed by atoms with Crippen LogP contribution in [-0.4, -0.2) is 5.78 Å². The van der Waals surface area contributed by atoms with Crippen LogP contribution in [0.3, 0.4) is 0 Å². The second kappa shape index (κ2) is 3.81. The lowest BCUT2D eigenvalue weighted by molar-refractivity contribution is -0.127. The van der Waals surface area contributed by atoms with E-state index in [9.17, 15) is 4.79 Å². The predicted molar refractivity (Wildman–Crippen MR) is 55.6 cm³/mol. The maximum absolute atomic E-state index is 11.8. The van der Waals surface area contributed by atoms with Crippen molar-refractivity contribution in [1.29, 1.82) is 0 Å². The maximum atomic E-state index is 11.8. The number of rotatable bonds is 5. The van der Waals surface area contributed by atoms with Crippen molar-refractivity contribution in [3.63, 3.8) is 0 Å². The van der Waals surface area contributed by atoms with E-state index in [-0.39, 0.29) is 11.3 Å². The molecule has 1 fully saturated rings. The van der Waals surface area contributed by atoms with Crippen molar-refractivity contribution in [2.45, 2.75) is 53.4 Å². The summed E-state index contributed by atoms with van der Waals surface area (Å²) in [6.45, 7) is 8.52. The molecule has 0 atom stereocenters. The third-order valence-electron chi connectivity index (χ3n) is 3.10. The van der Waals surface area contributed by atoms with Crippen molar-refractivity contribution in [3.8, 4) is 0 Å². The molecule has 1 aliphatic rings. The van der Waals surface area contributed by atoms with Crippen molar-refractivity contribution in [1.82, 2.24) is 0 Å². The Balaban J connectivity index is 2.43. The zero-order valence-corrected chi connectivity index (χ0v) is 9.39. The Bertz CT molecular complexity index is 187. The van der Waals surface area contributed by atoms with Crippen molar-refractivity contribution >= 4 is 5.78 Å². The van der Waals surface area contributed by atoms with Gasteiger partial charge in [0.1, 0.15) is 5.78 Å². The molecule has 0 unspecified atom stereocenters. The Labute approximate surface area is 81.9 Å². The summed E-state index contributed by atoms with van der Waals surface area (Å²) in [6, 6.07) is 0. The molecule has 0 radical (unpaired) electrons. The Morgan fingerprint density at radius 3 is 2.08 bits per heavy atom. The molecule has 13 heavy (non-hydrogen) atoms. The summed E-state index contributed by atoms with van der Waals surface area (Å²) in [6.07, 6.45) is 4.63. The number of hydrogen-bond donors (Lipinski definition) is 0. The van der Waals surface area contributed by atoms with Crippen LogP contribution < -0.4 is 0 Å². The summed E-state index contributed by atoms with van der Waals surface area (Å²) in [4.78, 5) is 11.8. The Kier molecular flexibility index (Phi) is 3.15. The summed E-state index contributed by atoms with van der Waals surface area (Å²) >= 11 is 0. The number of carbonyl (C=O) groups excluding carboxylic acids is 1. The van der Waals surface area contributed by atoms with Gasteiger partial charge in [-0.1, -0.05) is 34.1 Å². The molecule has 0 saturated heterocycles. The highest BCUT2D eigenvalue weighted by Gasteiger charge is 2.49. The normalized spacial score (nSPS) is 19.5. The molecule has 0 aliphatic heterocycles. The minimum Gasteiger partial charge on any atom is -0.299 e. The van der Waals surface area contributed by atoms with E-state index in [1.165, 1.54) is 6.42 Å². The van der Waals surface area contributed by atoms with Crippen LogP contribution in [0, 0.1) is 17.3 Å². The topological polar surface area (TPSA) is 17.1 Å². The van der Waals surface area contributed by atoms with Gasteiger partial charge in [0.2, 0.25) is 0 Å². The molecule has 1 rings (SSSR count). The van der Waals surface area contributed by atoms with E-state index in [1.54, 1.807) is 0 Å². The third kappa shape index (κ3) is 2.55. The molecule has 1 nitrogen and oxygen atoms in total. The van der Waals surface area contributed by atoms with E-state index in [1.807, 2.05) is 13.8 Å². The predicted octanol–water partition coefficient (Wildman–Crippen LogP) is 3.43. The fourth-order valence-corrected chi connectivity index (χ4v) is 1.95. The van der Waals surface area contributed by atoms with Gasteiger partial charge < -0.3 is 0 Å². The van der Waals surface area contributed by atoms with Crippen LogP contribution in [0.5, 0.6) is 0 Å². The zero-order valence-electron chi connectivity index (χ0n) is 9.39. The van der Waals surface area contributed by atoms with Crippen molar-refractivity contribution < 1.29 is 4.79 Å². The van der Waals surface area contributed by atoms with E-state index in [2.05, 4.69) is 13.8 Å². The average molecular weight is 182 g/mol. The van der Waals surface area contributed by atoms with Crippen LogP contribution in [0.4, 0.5) is 0 Å². The first-order chi connectivity index (χ1) is 5.98. The summed E-state index contributed by atoms with van der Waals surface area (Å²) in [5.74, 6) is 1.47. The molecule has 0 bridgehead atoms. The molecule has 1 heteroatoms. The van der Waals surface area contributed by atoms with Gasteiger partial charge in [-0.3, -0.25) is 4.79 Å². The minimum absolute atomic E-state index is 0.123. The molecule has 76 valence electrons. The van der Waals surface area contributed by atoms with Crippen LogP contribution in [0.15, 0.2) is 0 Å². The van der Waals surface area contributed by atoms with Gasteiger partial charge >= 0.3 is 0 Å². The molecule has 0 aromatic carbocycles. The van der Waals surface area contributed by atoms with Gasteiger partial charge in [0, 0.05) is 11.3 Å². The van der Waals surface area contributed by atoms with Gasteiger partial charge in [-0.2, -0.15) is 0 Å². The van der Waals surface area contributed by atoms with Crippen LogP contribution in [0.25, 0.3) is 0 Å². The Morgan fingerprint density at radius 2 is 1.77 bits per heavy atom. The summed E-state index contributed by atoms with van der Waals surface area (Å²) in [5, 5.41) is 0. The molecule has 0 N–H and O–H groups in total. The summed E-state index contributed by atoms with van der Waals surface area (Å²) in [7, 11) is 0. The highest BCUT2D eigenvalue weighted by atomic mass is 16.1. The standard InChI is InChI=1S/C12H22O/c1-9(2)5-6-12(7-8-12)11(13)10(3)4/h9-10H,5-8H2,1-4H3. The molecule has 1 aliphatic carbocycles. The van der Waals surface area contributed by atoms with Crippen LogP contribution in [0.2, 0.25) is 0 Å². The Morgan fingerprint density at radius 1 is 1.23 bits per heavy atom. The lowest BCUT2D eigenvalue weighted by atomic mass is 9.86. The summed E-state index contributed by atoms with van der Waals surface area (Å²) in [5.41, 5.74) is 0.123. The van der Waals surface area contributed by atoms with Gasteiger partial charge in [0.25, 0.3) is 0 Å². The van der Waals surface area contributed by atoms with Gasteiger partial charge in [-0.15, -0.1) is 0 Å². The van der Waals surface area contributed by atoms with E-state index in [4.69, 9.17) is 0 Å². The smallest absolute Gasteiger partial charge is 0.141 e. The first-order valence-corrected chi connectivity index (χ1v) is 5.52. The molecule has 0 heterocycles. The zero-order chi connectivity index (χ0) is 10.1. The van der Waals surface area contributed by atoms with Gasteiger partial charge in [0.05, 0.1) is 0 Å². The number of ketones is 1. The van der Waals surface area contributed by atoms with Crippen LogP contribution in [-0.2, 0) is 4.79 Å². The van der Waals surface area contributed by atoms with Crippen LogP contribution in [0.1, 0.15) is 53.4 Å². The summed E-state index contributed by atoms with van der Waals surface area (Å²) < 4.78 is 0. The van der Waals surface area contributed by atoms with E-state index < -0.39 is 0 Å². The van der Waals surface area contributed by atoms with Gasteiger partial charge in [-0.25, -0.2) is 0 Å². The maximum Gasteiger partial charge on any atom is 0.141 e. The number of carbonyl (C=O) groups is 1. The highest BCUT2D eigenvalue weighted by molar-refractivity contribution is 5.88. The highest BCUT2D eigenvalue weighted by Crippen LogP contribution is 2.52.